The Kier molecular flexibility index (Phi) is 4.58. The average molecular weight is 258 g/mol. The summed E-state index contributed by atoms with van der Waals surface area (Å²) in [6.45, 7) is 6.05. The lowest BCUT2D eigenvalue weighted by Gasteiger charge is -2.20. The standard InChI is InChI=1S/C15H22N4/c1-11(2)13(9-16)10-17-14-5-3-12(4-6-14)15-7-8-18-19-15/h3-8,11,13,17H,9-10,16H2,1-2H3,(H,18,19). The van der Waals surface area contributed by atoms with Gasteiger partial charge in [-0.3, -0.25) is 5.10 Å². The SMILES string of the molecule is CC(C)C(CN)CNc1ccc(-c2ccn[nH]2)cc1. The largest absolute Gasteiger partial charge is 0.385 e. The third-order valence-electron chi connectivity index (χ3n) is 3.51. The van der Waals surface area contributed by atoms with Crippen molar-refractivity contribution in [3.05, 3.63) is 36.5 Å². The van der Waals surface area contributed by atoms with Crippen LogP contribution in [0.25, 0.3) is 11.3 Å². The van der Waals surface area contributed by atoms with E-state index in [1.807, 2.05) is 6.07 Å². The van der Waals surface area contributed by atoms with Crippen LogP contribution in [0.15, 0.2) is 36.5 Å². The highest BCUT2D eigenvalue weighted by Crippen LogP contribution is 2.19. The zero-order valence-electron chi connectivity index (χ0n) is 11.6. The Morgan fingerprint density at radius 3 is 2.47 bits per heavy atom. The van der Waals surface area contributed by atoms with Crippen LogP contribution in [0.1, 0.15) is 13.8 Å². The Balaban J connectivity index is 1.96. The van der Waals surface area contributed by atoms with Gasteiger partial charge in [0.1, 0.15) is 0 Å². The molecule has 0 radical (unpaired) electrons. The second-order valence-electron chi connectivity index (χ2n) is 5.17. The van der Waals surface area contributed by atoms with Gasteiger partial charge < -0.3 is 11.1 Å². The molecule has 0 saturated heterocycles. The fourth-order valence-electron chi connectivity index (χ4n) is 2.02. The first-order chi connectivity index (χ1) is 9.20. The Morgan fingerprint density at radius 2 is 1.95 bits per heavy atom. The summed E-state index contributed by atoms with van der Waals surface area (Å²) >= 11 is 0. The van der Waals surface area contributed by atoms with Crippen LogP contribution in [0.4, 0.5) is 5.69 Å². The number of rotatable bonds is 6. The number of nitrogens with zero attached hydrogens (tertiary/aromatic N) is 1. The highest BCUT2D eigenvalue weighted by Gasteiger charge is 2.10. The maximum atomic E-state index is 5.78. The van der Waals surface area contributed by atoms with Gasteiger partial charge in [-0.15, -0.1) is 0 Å². The van der Waals surface area contributed by atoms with Crippen LogP contribution in [-0.2, 0) is 0 Å². The normalized spacial score (nSPS) is 12.6. The number of benzene rings is 1. The molecular formula is C15H22N4. The van der Waals surface area contributed by atoms with Crippen LogP contribution in [0, 0.1) is 11.8 Å². The molecular weight excluding hydrogens is 236 g/mol. The highest BCUT2D eigenvalue weighted by atomic mass is 15.1. The monoisotopic (exact) mass is 258 g/mol. The van der Waals surface area contributed by atoms with Crippen LogP contribution in [0.3, 0.4) is 0 Å². The number of hydrogen-bond acceptors (Lipinski definition) is 3. The van der Waals surface area contributed by atoms with Crippen molar-refractivity contribution < 1.29 is 0 Å². The molecule has 0 amide bonds. The molecule has 0 aliphatic rings. The van der Waals surface area contributed by atoms with Crippen molar-refractivity contribution in [3.63, 3.8) is 0 Å². The Labute approximate surface area is 114 Å². The van der Waals surface area contributed by atoms with Gasteiger partial charge in [-0.25, -0.2) is 0 Å². The first-order valence-corrected chi connectivity index (χ1v) is 6.74. The van der Waals surface area contributed by atoms with E-state index >= 15 is 0 Å². The molecule has 4 nitrogen and oxygen atoms in total. The smallest absolute Gasteiger partial charge is 0.0650 e. The summed E-state index contributed by atoms with van der Waals surface area (Å²) in [6.07, 6.45) is 1.76. The van der Waals surface area contributed by atoms with Gasteiger partial charge >= 0.3 is 0 Å². The lowest BCUT2D eigenvalue weighted by Crippen LogP contribution is -2.27. The van der Waals surface area contributed by atoms with E-state index < -0.39 is 0 Å². The van der Waals surface area contributed by atoms with Crippen LogP contribution < -0.4 is 11.1 Å². The number of nitrogens with two attached hydrogens (primary N) is 1. The second kappa shape index (κ2) is 6.38. The number of H-pyrrole nitrogens is 1. The molecule has 0 aliphatic heterocycles. The molecule has 0 fully saturated rings. The molecule has 0 spiro atoms. The molecule has 4 N–H and O–H groups in total. The van der Waals surface area contributed by atoms with Crippen molar-refractivity contribution in [3.8, 4) is 11.3 Å². The van der Waals surface area contributed by atoms with Gasteiger partial charge in [-0.05, 0) is 42.1 Å². The van der Waals surface area contributed by atoms with E-state index in [4.69, 9.17) is 5.73 Å². The molecule has 19 heavy (non-hydrogen) atoms. The summed E-state index contributed by atoms with van der Waals surface area (Å²) in [4.78, 5) is 0. The van der Waals surface area contributed by atoms with E-state index in [0.29, 0.717) is 11.8 Å². The van der Waals surface area contributed by atoms with Crippen LogP contribution in [0.2, 0.25) is 0 Å². The molecule has 0 aliphatic carbocycles. The summed E-state index contributed by atoms with van der Waals surface area (Å²) in [6, 6.07) is 10.3. The molecule has 2 aromatic rings. The minimum Gasteiger partial charge on any atom is -0.385 e. The van der Waals surface area contributed by atoms with Crippen molar-refractivity contribution in [1.82, 2.24) is 10.2 Å². The molecule has 102 valence electrons. The first kappa shape index (κ1) is 13.6. The summed E-state index contributed by atoms with van der Waals surface area (Å²) in [5.74, 6) is 1.11. The molecule has 1 aromatic carbocycles. The predicted octanol–water partition coefficient (Wildman–Crippen LogP) is 2.72. The third kappa shape index (κ3) is 3.58. The topological polar surface area (TPSA) is 66.7 Å². The third-order valence-corrected chi connectivity index (χ3v) is 3.51. The number of nitrogens with one attached hydrogen (secondary N) is 2. The molecule has 1 atom stereocenters. The van der Waals surface area contributed by atoms with Crippen molar-refractivity contribution in [2.45, 2.75) is 13.8 Å². The van der Waals surface area contributed by atoms with Gasteiger partial charge in [-0.2, -0.15) is 5.10 Å². The highest BCUT2D eigenvalue weighted by molar-refractivity contribution is 5.62. The lowest BCUT2D eigenvalue weighted by molar-refractivity contribution is 0.413. The molecule has 1 unspecified atom stereocenters. The first-order valence-electron chi connectivity index (χ1n) is 6.74. The maximum Gasteiger partial charge on any atom is 0.0650 e. The van der Waals surface area contributed by atoms with Crippen molar-refractivity contribution >= 4 is 5.69 Å². The summed E-state index contributed by atoms with van der Waals surface area (Å²) in [5.41, 5.74) is 9.08. The minimum absolute atomic E-state index is 0.507. The zero-order chi connectivity index (χ0) is 13.7. The van der Waals surface area contributed by atoms with Crippen molar-refractivity contribution in [1.29, 1.82) is 0 Å². The fraction of sp³-hybridized carbons (Fsp3) is 0.400. The Hall–Kier alpha value is -1.81. The summed E-state index contributed by atoms with van der Waals surface area (Å²) in [5, 5.41) is 10.4. The van der Waals surface area contributed by atoms with Gasteiger partial charge in [0.15, 0.2) is 0 Å². The van der Waals surface area contributed by atoms with Crippen molar-refractivity contribution in [2.24, 2.45) is 17.6 Å². The quantitative estimate of drug-likeness (QED) is 0.746. The average Bonchev–Trinajstić information content (AvgIpc) is 2.94. The zero-order valence-corrected chi connectivity index (χ0v) is 11.6. The van der Waals surface area contributed by atoms with Gasteiger partial charge in [0.05, 0.1) is 5.69 Å². The van der Waals surface area contributed by atoms with Gasteiger partial charge in [-0.1, -0.05) is 26.0 Å². The number of anilines is 1. The summed E-state index contributed by atoms with van der Waals surface area (Å²) < 4.78 is 0. The molecule has 1 heterocycles. The van der Waals surface area contributed by atoms with E-state index in [-0.39, 0.29) is 0 Å². The van der Waals surface area contributed by atoms with Gasteiger partial charge in [0.2, 0.25) is 0 Å². The van der Waals surface area contributed by atoms with Crippen LogP contribution in [0.5, 0.6) is 0 Å². The molecule has 1 aromatic heterocycles. The summed E-state index contributed by atoms with van der Waals surface area (Å²) in [7, 11) is 0. The molecule has 4 heteroatoms. The minimum atomic E-state index is 0.507. The molecule has 2 rings (SSSR count). The Bertz CT molecular complexity index is 473. The number of hydrogen-bond donors (Lipinski definition) is 3. The van der Waals surface area contributed by atoms with E-state index in [2.05, 4.69) is 53.6 Å². The lowest BCUT2D eigenvalue weighted by atomic mass is 9.96. The fourth-order valence-corrected chi connectivity index (χ4v) is 2.02. The van der Waals surface area contributed by atoms with Gasteiger partial charge in [0.25, 0.3) is 0 Å². The van der Waals surface area contributed by atoms with Gasteiger partial charge in [0, 0.05) is 18.4 Å². The van der Waals surface area contributed by atoms with Crippen molar-refractivity contribution in [2.75, 3.05) is 18.4 Å². The van der Waals surface area contributed by atoms with E-state index in [1.165, 1.54) is 0 Å². The van der Waals surface area contributed by atoms with E-state index in [0.717, 1.165) is 30.0 Å². The second-order valence-corrected chi connectivity index (χ2v) is 5.17. The molecule has 0 saturated carbocycles. The molecule has 0 bridgehead atoms. The maximum absolute atomic E-state index is 5.78. The Morgan fingerprint density at radius 1 is 1.21 bits per heavy atom. The van der Waals surface area contributed by atoms with Crippen LogP contribution >= 0.6 is 0 Å². The predicted molar refractivity (Wildman–Crippen MR) is 79.9 cm³/mol. The number of aromatic nitrogens is 2. The van der Waals surface area contributed by atoms with E-state index in [9.17, 15) is 0 Å². The van der Waals surface area contributed by atoms with Crippen LogP contribution in [-0.4, -0.2) is 23.3 Å². The number of aromatic amines is 1. The van der Waals surface area contributed by atoms with E-state index in [1.54, 1.807) is 6.20 Å².